The second kappa shape index (κ2) is 9.20. The highest BCUT2D eigenvalue weighted by atomic mass is 35.5. The molecule has 2 aromatic carbocycles. The Morgan fingerprint density at radius 3 is 2.38 bits per heavy atom. The van der Waals surface area contributed by atoms with Gasteiger partial charge in [-0.1, -0.05) is 11.6 Å². The van der Waals surface area contributed by atoms with Gasteiger partial charge < -0.3 is 10.1 Å². The molecule has 0 fully saturated rings. The first-order valence-corrected chi connectivity index (χ1v) is 9.41. The third-order valence-electron chi connectivity index (χ3n) is 3.27. The fourth-order valence-corrected chi connectivity index (χ4v) is 3.17. The van der Waals surface area contributed by atoms with Crippen LogP contribution < -0.4 is 10.0 Å². The first-order valence-electron chi connectivity index (χ1n) is 7.55. The number of carbonyl (C=O) groups excluding carboxylic acids is 2. The van der Waals surface area contributed by atoms with Crippen LogP contribution in [-0.2, 0) is 24.3 Å². The normalized spacial score (nSPS) is 11.2. The number of amides is 1. The van der Waals surface area contributed by atoms with Crippen LogP contribution in [-0.4, -0.2) is 33.4 Å². The van der Waals surface area contributed by atoms with Gasteiger partial charge >= 0.3 is 5.97 Å². The Morgan fingerprint density at radius 2 is 1.72 bits per heavy atom. The molecule has 0 unspecified atom stereocenters. The molecule has 0 aromatic heterocycles. The summed E-state index contributed by atoms with van der Waals surface area (Å²) < 4.78 is 82.4. The summed E-state index contributed by atoms with van der Waals surface area (Å²) in [5, 5.41) is 2.12. The highest BCUT2D eigenvalue weighted by molar-refractivity contribution is 7.89. The first kappa shape index (κ1) is 22.6. The number of rotatable bonds is 7. The zero-order valence-electron chi connectivity index (χ0n) is 14.1. The summed E-state index contributed by atoms with van der Waals surface area (Å²) in [6, 6.07) is 4.01. The molecule has 0 aliphatic carbocycles. The van der Waals surface area contributed by atoms with Crippen molar-refractivity contribution in [3.8, 4) is 0 Å². The van der Waals surface area contributed by atoms with E-state index in [0.29, 0.717) is 12.1 Å². The van der Waals surface area contributed by atoms with E-state index in [1.807, 2.05) is 0 Å². The molecule has 0 atom stereocenters. The quantitative estimate of drug-likeness (QED) is 0.380. The monoisotopic (exact) mass is 454 g/mol. The lowest BCUT2D eigenvalue weighted by molar-refractivity contribution is -0.146. The lowest BCUT2D eigenvalue weighted by Crippen LogP contribution is -2.33. The van der Waals surface area contributed by atoms with Crippen molar-refractivity contribution in [3.63, 3.8) is 0 Å². The number of hydrogen-bond donors (Lipinski definition) is 2. The van der Waals surface area contributed by atoms with E-state index in [1.54, 1.807) is 4.72 Å². The van der Waals surface area contributed by atoms with Gasteiger partial charge in [-0.05, 0) is 30.3 Å². The van der Waals surface area contributed by atoms with E-state index < -0.39 is 63.2 Å². The molecular weight excluding hydrogens is 444 g/mol. The molecule has 13 heteroatoms. The van der Waals surface area contributed by atoms with Crippen LogP contribution in [0.4, 0.5) is 23.2 Å². The van der Waals surface area contributed by atoms with Crippen LogP contribution in [0.1, 0.15) is 0 Å². The van der Waals surface area contributed by atoms with Gasteiger partial charge in [-0.3, -0.25) is 9.59 Å². The second-order valence-corrected chi connectivity index (χ2v) is 7.47. The largest absolute Gasteiger partial charge is 0.455 e. The van der Waals surface area contributed by atoms with Crippen LogP contribution in [0.15, 0.2) is 35.2 Å². The minimum atomic E-state index is -4.71. The Morgan fingerprint density at radius 1 is 1.03 bits per heavy atom. The topological polar surface area (TPSA) is 102 Å². The molecule has 2 aromatic rings. The summed E-state index contributed by atoms with van der Waals surface area (Å²) in [5.74, 6) is -8.26. The number of nitrogens with one attached hydrogen (secondary N) is 2. The minimum absolute atomic E-state index is 0.0450. The molecule has 29 heavy (non-hydrogen) atoms. The fraction of sp³-hybridized carbons (Fsp3) is 0.125. The number of benzene rings is 2. The molecule has 0 heterocycles. The van der Waals surface area contributed by atoms with E-state index in [2.05, 4.69) is 10.1 Å². The number of sulfonamides is 1. The zero-order valence-corrected chi connectivity index (χ0v) is 15.7. The summed E-state index contributed by atoms with van der Waals surface area (Å²) in [6.45, 7) is -1.86. The summed E-state index contributed by atoms with van der Waals surface area (Å²) in [6.07, 6.45) is 0. The number of ether oxygens (including phenoxy) is 1. The summed E-state index contributed by atoms with van der Waals surface area (Å²) in [5.41, 5.74) is 0.0450. The molecular formula is C16H11ClF4N2O5S. The molecule has 2 N–H and O–H groups in total. The van der Waals surface area contributed by atoms with Crippen LogP contribution in [0, 0.1) is 23.3 Å². The molecule has 7 nitrogen and oxygen atoms in total. The predicted octanol–water partition coefficient (Wildman–Crippen LogP) is 2.36. The minimum Gasteiger partial charge on any atom is -0.455 e. The van der Waals surface area contributed by atoms with Gasteiger partial charge in [0.2, 0.25) is 10.0 Å². The van der Waals surface area contributed by atoms with Crippen molar-refractivity contribution in [3.05, 3.63) is 58.6 Å². The Bertz CT molecular complexity index is 1070. The number of halogens is 5. The van der Waals surface area contributed by atoms with Gasteiger partial charge in [-0.25, -0.2) is 26.0 Å². The second-order valence-electron chi connectivity index (χ2n) is 5.33. The van der Waals surface area contributed by atoms with Crippen molar-refractivity contribution in [1.29, 1.82) is 0 Å². The first-order chi connectivity index (χ1) is 13.5. The Balaban J connectivity index is 1.89. The zero-order chi connectivity index (χ0) is 21.8. The number of hydrogen-bond acceptors (Lipinski definition) is 5. The molecule has 156 valence electrons. The Kier molecular flexibility index (Phi) is 7.16. The lowest BCUT2D eigenvalue weighted by Gasteiger charge is -2.10. The van der Waals surface area contributed by atoms with Crippen molar-refractivity contribution in [2.45, 2.75) is 4.90 Å². The van der Waals surface area contributed by atoms with Gasteiger partial charge in [-0.2, -0.15) is 4.72 Å². The maximum absolute atomic E-state index is 13.6. The third-order valence-corrected chi connectivity index (χ3v) is 5.00. The van der Waals surface area contributed by atoms with Crippen LogP contribution >= 0.6 is 11.6 Å². The molecule has 0 aliphatic rings. The molecule has 0 radical (unpaired) electrons. The SMILES string of the molecule is O=C(COC(=O)CNS(=O)(=O)c1ccc(F)c(F)c1F)Nc1ccc(F)cc1Cl. The van der Waals surface area contributed by atoms with Crippen molar-refractivity contribution in [2.75, 3.05) is 18.5 Å². The van der Waals surface area contributed by atoms with E-state index in [0.717, 1.165) is 12.1 Å². The van der Waals surface area contributed by atoms with Crippen LogP contribution in [0.2, 0.25) is 5.02 Å². The van der Waals surface area contributed by atoms with E-state index >= 15 is 0 Å². The van der Waals surface area contributed by atoms with Crippen molar-refractivity contribution in [1.82, 2.24) is 4.72 Å². The van der Waals surface area contributed by atoms with E-state index in [-0.39, 0.29) is 10.7 Å². The average molecular weight is 455 g/mol. The molecule has 0 bridgehead atoms. The van der Waals surface area contributed by atoms with Crippen molar-refractivity contribution >= 4 is 39.2 Å². The molecule has 0 saturated heterocycles. The number of carbonyl (C=O) groups is 2. The summed E-state index contributed by atoms with van der Waals surface area (Å²) >= 11 is 5.71. The van der Waals surface area contributed by atoms with Gasteiger partial charge in [0, 0.05) is 0 Å². The van der Waals surface area contributed by atoms with Gasteiger partial charge in [0.15, 0.2) is 24.1 Å². The molecule has 0 spiro atoms. The standard InChI is InChI=1S/C16H11ClF4N2O5S/c17-9-5-8(18)1-3-11(9)23-13(24)7-28-14(25)6-22-29(26,27)12-4-2-10(19)15(20)16(12)21/h1-5,22H,6-7H2,(H,23,24). The van der Waals surface area contributed by atoms with Gasteiger partial charge in [0.05, 0.1) is 10.7 Å². The lowest BCUT2D eigenvalue weighted by atomic mass is 10.3. The smallest absolute Gasteiger partial charge is 0.321 e. The number of anilines is 1. The summed E-state index contributed by atoms with van der Waals surface area (Å²) in [7, 11) is -4.71. The van der Waals surface area contributed by atoms with Crippen molar-refractivity contribution < 1.29 is 40.3 Å². The average Bonchev–Trinajstić information content (AvgIpc) is 2.65. The Hall–Kier alpha value is -2.70. The van der Waals surface area contributed by atoms with Gasteiger partial charge in [-0.15, -0.1) is 0 Å². The fourth-order valence-electron chi connectivity index (χ4n) is 1.92. The highest BCUT2D eigenvalue weighted by Crippen LogP contribution is 2.22. The summed E-state index contributed by atoms with van der Waals surface area (Å²) in [4.78, 5) is 22.0. The van der Waals surface area contributed by atoms with E-state index in [1.165, 1.54) is 6.07 Å². The molecule has 0 aliphatic heterocycles. The Labute approximate surface area is 166 Å². The van der Waals surface area contributed by atoms with Crippen LogP contribution in [0.3, 0.4) is 0 Å². The predicted molar refractivity (Wildman–Crippen MR) is 92.5 cm³/mol. The number of esters is 1. The third kappa shape index (κ3) is 5.89. The molecule has 0 saturated carbocycles. The molecule has 1 amide bonds. The van der Waals surface area contributed by atoms with E-state index in [9.17, 15) is 35.6 Å². The molecule has 2 rings (SSSR count). The van der Waals surface area contributed by atoms with Crippen LogP contribution in [0.5, 0.6) is 0 Å². The van der Waals surface area contributed by atoms with Gasteiger partial charge in [0.25, 0.3) is 5.91 Å². The maximum Gasteiger partial charge on any atom is 0.321 e. The van der Waals surface area contributed by atoms with Crippen LogP contribution in [0.25, 0.3) is 0 Å². The van der Waals surface area contributed by atoms with Crippen molar-refractivity contribution in [2.24, 2.45) is 0 Å². The highest BCUT2D eigenvalue weighted by Gasteiger charge is 2.24. The van der Waals surface area contributed by atoms with Gasteiger partial charge in [0.1, 0.15) is 17.3 Å². The van der Waals surface area contributed by atoms with E-state index in [4.69, 9.17) is 11.6 Å². The maximum atomic E-state index is 13.6.